The van der Waals surface area contributed by atoms with Crippen LogP contribution in [0.4, 0.5) is 5.69 Å². The normalized spacial score (nSPS) is 12.3. The van der Waals surface area contributed by atoms with E-state index in [1.807, 2.05) is 58.0 Å². The fourth-order valence-electron chi connectivity index (χ4n) is 3.27. The smallest absolute Gasteiger partial charge is 0.244 e. The molecule has 0 radical (unpaired) electrons. The quantitative estimate of drug-likeness (QED) is 0.625. The maximum atomic E-state index is 13.4. The molecule has 2 aromatic carbocycles. The summed E-state index contributed by atoms with van der Waals surface area (Å²) in [5.74, 6) is -0.745. The minimum Gasteiger partial charge on any atom is -0.352 e. The molecule has 0 saturated heterocycles. The number of carbonyl (C=O) groups is 2. The van der Waals surface area contributed by atoms with Gasteiger partial charge in [0.2, 0.25) is 21.8 Å². The molecule has 0 bridgehead atoms. The molecule has 8 heteroatoms. The second kappa shape index (κ2) is 10.6. The molecule has 0 spiro atoms. The van der Waals surface area contributed by atoms with Crippen LogP contribution in [0.3, 0.4) is 0 Å². The van der Waals surface area contributed by atoms with Gasteiger partial charge in [-0.15, -0.1) is 0 Å². The molecule has 0 fully saturated rings. The third-order valence-electron chi connectivity index (χ3n) is 5.04. The van der Waals surface area contributed by atoms with Crippen molar-refractivity contribution in [2.45, 2.75) is 53.2 Å². The number of hydrogen-bond acceptors (Lipinski definition) is 4. The van der Waals surface area contributed by atoms with Crippen LogP contribution >= 0.6 is 0 Å². The average molecular weight is 460 g/mol. The molecule has 7 nitrogen and oxygen atoms in total. The van der Waals surface area contributed by atoms with E-state index in [0.29, 0.717) is 5.69 Å². The topological polar surface area (TPSA) is 86.8 Å². The Kier molecular flexibility index (Phi) is 8.44. The Balaban J connectivity index is 2.38. The van der Waals surface area contributed by atoms with Crippen LogP contribution in [0.25, 0.3) is 0 Å². The Morgan fingerprint density at radius 3 is 2.12 bits per heavy atom. The van der Waals surface area contributed by atoms with Crippen molar-refractivity contribution in [2.24, 2.45) is 0 Å². The highest BCUT2D eigenvalue weighted by Crippen LogP contribution is 2.20. The number of carbonyl (C=O) groups excluding carboxylic acids is 2. The first-order valence-electron chi connectivity index (χ1n) is 10.6. The average Bonchev–Trinajstić information content (AvgIpc) is 2.69. The van der Waals surface area contributed by atoms with Gasteiger partial charge in [0.05, 0.1) is 11.9 Å². The van der Waals surface area contributed by atoms with Gasteiger partial charge in [-0.3, -0.25) is 13.9 Å². The van der Waals surface area contributed by atoms with Gasteiger partial charge in [-0.2, -0.15) is 0 Å². The summed E-state index contributed by atoms with van der Waals surface area (Å²) in [6.07, 6.45) is 1.07. The number of aryl methyl sites for hydroxylation is 2. The van der Waals surface area contributed by atoms with E-state index >= 15 is 0 Å². The Morgan fingerprint density at radius 2 is 1.59 bits per heavy atom. The fourth-order valence-corrected chi connectivity index (χ4v) is 4.12. The summed E-state index contributed by atoms with van der Waals surface area (Å²) in [5, 5.41) is 2.83. The molecule has 0 unspecified atom stereocenters. The zero-order valence-electron chi connectivity index (χ0n) is 19.6. The number of nitrogens with zero attached hydrogens (tertiary/aromatic N) is 2. The van der Waals surface area contributed by atoms with E-state index in [0.717, 1.165) is 27.3 Å². The van der Waals surface area contributed by atoms with Crippen LogP contribution in [0.5, 0.6) is 0 Å². The fraction of sp³-hybridized carbons (Fsp3) is 0.417. The number of rotatable bonds is 9. The highest BCUT2D eigenvalue weighted by Gasteiger charge is 2.30. The molecule has 2 aromatic rings. The van der Waals surface area contributed by atoms with Crippen molar-refractivity contribution >= 4 is 27.5 Å². The van der Waals surface area contributed by atoms with E-state index in [-0.39, 0.29) is 18.5 Å². The lowest BCUT2D eigenvalue weighted by Crippen LogP contribution is -2.52. The SMILES string of the molecule is Cc1ccc(CN(C(=O)CN(c2cccc(C)c2)S(C)(=O)=O)[C@@H](C)C(=O)NC(C)C)cc1. The number of hydrogen-bond donors (Lipinski definition) is 1. The summed E-state index contributed by atoms with van der Waals surface area (Å²) < 4.78 is 26.1. The molecular formula is C24H33N3O4S. The summed E-state index contributed by atoms with van der Waals surface area (Å²) in [4.78, 5) is 27.5. The Bertz CT molecular complexity index is 1050. The number of sulfonamides is 1. The highest BCUT2D eigenvalue weighted by atomic mass is 32.2. The molecule has 0 aliphatic carbocycles. The maximum Gasteiger partial charge on any atom is 0.244 e. The summed E-state index contributed by atoms with van der Waals surface area (Å²) in [6.45, 7) is 8.97. The van der Waals surface area contributed by atoms with Crippen molar-refractivity contribution in [3.05, 3.63) is 65.2 Å². The Hall–Kier alpha value is -2.87. The third kappa shape index (κ3) is 7.09. The van der Waals surface area contributed by atoms with Gasteiger partial charge in [0, 0.05) is 12.6 Å². The maximum absolute atomic E-state index is 13.4. The third-order valence-corrected chi connectivity index (χ3v) is 6.18. The van der Waals surface area contributed by atoms with Gasteiger partial charge in [-0.05, 0) is 57.9 Å². The van der Waals surface area contributed by atoms with Crippen LogP contribution in [0.15, 0.2) is 48.5 Å². The molecule has 0 heterocycles. The minimum atomic E-state index is -3.72. The first-order valence-corrected chi connectivity index (χ1v) is 12.4. The van der Waals surface area contributed by atoms with E-state index in [4.69, 9.17) is 0 Å². The van der Waals surface area contributed by atoms with Gasteiger partial charge < -0.3 is 10.2 Å². The standard InChI is InChI=1S/C24H33N3O4S/c1-17(2)25-24(29)20(5)26(15-21-12-10-18(3)11-13-21)23(28)16-27(32(6,30)31)22-9-7-8-19(4)14-22/h7-14,17,20H,15-16H2,1-6H3,(H,25,29)/t20-/m0/s1. The molecule has 0 aliphatic heterocycles. The predicted molar refractivity (Wildman–Crippen MR) is 128 cm³/mol. The molecular weight excluding hydrogens is 426 g/mol. The summed E-state index contributed by atoms with van der Waals surface area (Å²) >= 11 is 0. The van der Waals surface area contributed by atoms with Crippen LogP contribution in [-0.2, 0) is 26.2 Å². The van der Waals surface area contributed by atoms with E-state index in [1.54, 1.807) is 25.1 Å². The molecule has 32 heavy (non-hydrogen) atoms. The minimum absolute atomic E-state index is 0.0823. The van der Waals surface area contributed by atoms with Crippen LogP contribution in [0, 0.1) is 13.8 Å². The summed E-state index contributed by atoms with van der Waals surface area (Å²) in [7, 11) is -3.72. The van der Waals surface area contributed by atoms with Crippen molar-refractivity contribution in [1.29, 1.82) is 0 Å². The first-order chi connectivity index (χ1) is 14.9. The molecule has 2 amide bonds. The van der Waals surface area contributed by atoms with E-state index in [9.17, 15) is 18.0 Å². The zero-order valence-corrected chi connectivity index (χ0v) is 20.4. The highest BCUT2D eigenvalue weighted by molar-refractivity contribution is 7.92. The molecule has 1 N–H and O–H groups in total. The second-order valence-electron chi connectivity index (χ2n) is 8.46. The van der Waals surface area contributed by atoms with Crippen LogP contribution in [0.1, 0.15) is 37.5 Å². The van der Waals surface area contributed by atoms with Gasteiger partial charge in [-0.1, -0.05) is 42.0 Å². The largest absolute Gasteiger partial charge is 0.352 e. The van der Waals surface area contributed by atoms with Crippen molar-refractivity contribution in [3.8, 4) is 0 Å². The van der Waals surface area contributed by atoms with Crippen molar-refractivity contribution in [1.82, 2.24) is 10.2 Å². The van der Waals surface area contributed by atoms with Crippen molar-refractivity contribution < 1.29 is 18.0 Å². The van der Waals surface area contributed by atoms with Crippen molar-refractivity contribution in [3.63, 3.8) is 0 Å². The molecule has 174 valence electrons. The van der Waals surface area contributed by atoms with Gasteiger partial charge in [0.15, 0.2) is 0 Å². The van der Waals surface area contributed by atoms with Crippen molar-refractivity contribution in [2.75, 3.05) is 17.1 Å². The number of nitrogens with one attached hydrogen (secondary N) is 1. The van der Waals surface area contributed by atoms with Crippen LogP contribution < -0.4 is 9.62 Å². The zero-order chi connectivity index (χ0) is 24.1. The number of amides is 2. The summed E-state index contributed by atoms with van der Waals surface area (Å²) in [5.41, 5.74) is 3.23. The molecule has 0 aromatic heterocycles. The van der Waals surface area contributed by atoms with Gasteiger partial charge >= 0.3 is 0 Å². The Labute approximate surface area is 191 Å². The predicted octanol–water partition coefficient (Wildman–Crippen LogP) is 3.01. The lowest BCUT2D eigenvalue weighted by Gasteiger charge is -2.32. The van der Waals surface area contributed by atoms with Gasteiger partial charge in [0.1, 0.15) is 12.6 Å². The molecule has 2 rings (SSSR count). The monoisotopic (exact) mass is 459 g/mol. The molecule has 0 saturated carbocycles. The Morgan fingerprint density at radius 1 is 0.969 bits per heavy atom. The van der Waals surface area contributed by atoms with Gasteiger partial charge in [-0.25, -0.2) is 8.42 Å². The molecule has 0 aliphatic rings. The lowest BCUT2D eigenvalue weighted by atomic mass is 10.1. The number of anilines is 1. The van der Waals surface area contributed by atoms with Crippen LogP contribution in [-0.4, -0.2) is 50.0 Å². The number of benzene rings is 2. The summed E-state index contributed by atoms with van der Waals surface area (Å²) in [6, 6.07) is 13.8. The van der Waals surface area contributed by atoms with Crippen LogP contribution in [0.2, 0.25) is 0 Å². The van der Waals surface area contributed by atoms with Gasteiger partial charge in [0.25, 0.3) is 0 Å². The second-order valence-corrected chi connectivity index (χ2v) is 10.4. The lowest BCUT2D eigenvalue weighted by molar-refractivity contribution is -0.139. The first kappa shape index (κ1) is 25.4. The van der Waals surface area contributed by atoms with E-state index < -0.39 is 28.5 Å². The van der Waals surface area contributed by atoms with E-state index in [1.165, 1.54) is 4.90 Å². The molecule has 1 atom stereocenters. The van der Waals surface area contributed by atoms with E-state index in [2.05, 4.69) is 5.32 Å².